The number of anilines is 1. The maximum atomic E-state index is 12.5. The van der Waals surface area contributed by atoms with Crippen LogP contribution in [0.15, 0.2) is 30.0 Å². The molecule has 0 aliphatic carbocycles. The maximum Gasteiger partial charge on any atom is 0.287 e. The highest BCUT2D eigenvalue weighted by Crippen LogP contribution is 2.29. The highest BCUT2D eigenvalue weighted by Gasteiger charge is 2.28. The van der Waals surface area contributed by atoms with Gasteiger partial charge in [-0.25, -0.2) is 9.97 Å². The zero-order chi connectivity index (χ0) is 17.9. The number of nitrogens with one attached hydrogen (secondary N) is 3. The first-order chi connectivity index (χ1) is 12.7. The van der Waals surface area contributed by atoms with Crippen molar-refractivity contribution in [2.45, 2.75) is 12.8 Å². The van der Waals surface area contributed by atoms with Crippen LogP contribution in [0.3, 0.4) is 0 Å². The monoisotopic (exact) mass is 371 g/mol. The summed E-state index contributed by atoms with van der Waals surface area (Å²) in [5.74, 6) is -0.0119. The Morgan fingerprint density at radius 3 is 3.04 bits per heavy atom. The molecular formula is C16H17N7O2S. The van der Waals surface area contributed by atoms with Gasteiger partial charge in [0.05, 0.1) is 11.3 Å². The SMILES string of the molecule is O=C(NNC(=O)C1CCCN(c2ncnc3sccc23)C1)c1ccn[nH]1. The number of hydrogen-bond acceptors (Lipinski definition) is 7. The summed E-state index contributed by atoms with van der Waals surface area (Å²) in [5.41, 5.74) is 5.20. The summed E-state index contributed by atoms with van der Waals surface area (Å²) < 4.78 is 0. The fraction of sp³-hybridized carbons (Fsp3) is 0.312. The van der Waals surface area contributed by atoms with E-state index >= 15 is 0 Å². The molecule has 1 aliphatic rings. The van der Waals surface area contributed by atoms with E-state index in [4.69, 9.17) is 0 Å². The lowest BCUT2D eigenvalue weighted by Gasteiger charge is -2.33. The molecule has 0 spiro atoms. The van der Waals surface area contributed by atoms with Crippen LogP contribution in [0.2, 0.25) is 0 Å². The van der Waals surface area contributed by atoms with Gasteiger partial charge >= 0.3 is 0 Å². The number of hydrogen-bond donors (Lipinski definition) is 3. The lowest BCUT2D eigenvalue weighted by Crippen LogP contribution is -2.49. The zero-order valence-corrected chi connectivity index (χ0v) is 14.6. The summed E-state index contributed by atoms with van der Waals surface area (Å²) in [7, 11) is 0. The van der Waals surface area contributed by atoms with Crippen molar-refractivity contribution in [3.8, 4) is 0 Å². The number of aromatic nitrogens is 4. The number of nitrogens with zero attached hydrogens (tertiary/aromatic N) is 4. The van der Waals surface area contributed by atoms with Gasteiger partial charge in [-0.2, -0.15) is 5.10 Å². The number of hydrazine groups is 1. The third kappa shape index (κ3) is 3.23. The topological polar surface area (TPSA) is 116 Å². The van der Waals surface area contributed by atoms with Crippen molar-refractivity contribution in [3.63, 3.8) is 0 Å². The van der Waals surface area contributed by atoms with Crippen LogP contribution in [-0.4, -0.2) is 45.1 Å². The second kappa shape index (κ2) is 7.08. The van der Waals surface area contributed by atoms with E-state index in [-0.39, 0.29) is 17.5 Å². The Balaban J connectivity index is 1.41. The van der Waals surface area contributed by atoms with E-state index in [1.54, 1.807) is 17.7 Å². The van der Waals surface area contributed by atoms with Gasteiger partial charge < -0.3 is 4.90 Å². The van der Waals surface area contributed by atoms with Gasteiger partial charge in [0.25, 0.3) is 5.91 Å². The first kappa shape index (κ1) is 16.5. The summed E-state index contributed by atoms with van der Waals surface area (Å²) >= 11 is 1.57. The summed E-state index contributed by atoms with van der Waals surface area (Å²) in [6.07, 6.45) is 4.67. The maximum absolute atomic E-state index is 12.5. The van der Waals surface area contributed by atoms with Crippen molar-refractivity contribution in [1.29, 1.82) is 0 Å². The highest BCUT2D eigenvalue weighted by molar-refractivity contribution is 7.16. The number of H-pyrrole nitrogens is 1. The van der Waals surface area contributed by atoms with E-state index in [2.05, 4.69) is 35.9 Å². The molecule has 0 aromatic carbocycles. The molecule has 0 radical (unpaired) electrons. The van der Waals surface area contributed by atoms with Crippen LogP contribution in [0.4, 0.5) is 5.82 Å². The molecule has 4 heterocycles. The van der Waals surface area contributed by atoms with Crippen LogP contribution in [0.5, 0.6) is 0 Å². The standard InChI is InChI=1S/C16H17N7O2S/c24-14(21-22-15(25)12-3-5-19-20-12)10-2-1-6-23(8-10)13-11-4-7-26-16(11)18-9-17-13/h3-5,7,9-10H,1-2,6,8H2,(H,19,20)(H,21,24)(H,22,25). The van der Waals surface area contributed by atoms with Crippen molar-refractivity contribution in [3.05, 3.63) is 35.7 Å². The minimum Gasteiger partial charge on any atom is -0.355 e. The number of aromatic amines is 1. The largest absolute Gasteiger partial charge is 0.355 e. The van der Waals surface area contributed by atoms with Gasteiger partial charge in [-0.3, -0.25) is 25.5 Å². The number of thiophene rings is 1. The van der Waals surface area contributed by atoms with Gasteiger partial charge in [-0.05, 0) is 30.4 Å². The highest BCUT2D eigenvalue weighted by atomic mass is 32.1. The van der Waals surface area contributed by atoms with Crippen molar-refractivity contribution >= 4 is 39.2 Å². The number of amides is 2. The van der Waals surface area contributed by atoms with E-state index < -0.39 is 5.91 Å². The normalized spacial score (nSPS) is 17.2. The third-order valence-electron chi connectivity index (χ3n) is 4.38. The second-order valence-electron chi connectivity index (χ2n) is 6.04. The van der Waals surface area contributed by atoms with Crippen molar-refractivity contribution < 1.29 is 9.59 Å². The molecular weight excluding hydrogens is 354 g/mol. The first-order valence-electron chi connectivity index (χ1n) is 8.25. The predicted octanol–water partition coefficient (Wildman–Crippen LogP) is 1.09. The number of carbonyl (C=O) groups excluding carboxylic acids is 2. The molecule has 1 unspecified atom stereocenters. The van der Waals surface area contributed by atoms with E-state index in [9.17, 15) is 9.59 Å². The van der Waals surface area contributed by atoms with Gasteiger partial charge in [-0.1, -0.05) is 0 Å². The average molecular weight is 371 g/mol. The summed E-state index contributed by atoms with van der Waals surface area (Å²) in [6.45, 7) is 1.39. The number of rotatable bonds is 3. The molecule has 26 heavy (non-hydrogen) atoms. The molecule has 0 saturated carbocycles. The van der Waals surface area contributed by atoms with Crippen LogP contribution in [-0.2, 0) is 4.79 Å². The van der Waals surface area contributed by atoms with E-state index in [1.807, 2.05) is 11.4 Å². The molecule has 3 aromatic rings. The molecule has 1 atom stereocenters. The lowest BCUT2D eigenvalue weighted by atomic mass is 9.97. The second-order valence-corrected chi connectivity index (χ2v) is 6.93. The summed E-state index contributed by atoms with van der Waals surface area (Å²) in [5, 5.41) is 9.25. The fourth-order valence-corrected chi connectivity index (χ4v) is 3.81. The summed E-state index contributed by atoms with van der Waals surface area (Å²) in [4.78, 5) is 36.1. The Hall–Kier alpha value is -3.01. The van der Waals surface area contributed by atoms with Gasteiger partial charge in [0, 0.05) is 19.3 Å². The van der Waals surface area contributed by atoms with Crippen LogP contribution >= 0.6 is 11.3 Å². The average Bonchev–Trinajstić information content (AvgIpc) is 3.37. The van der Waals surface area contributed by atoms with Gasteiger partial charge in [0.15, 0.2) is 0 Å². The molecule has 1 fully saturated rings. The number of fused-ring (bicyclic) bond motifs is 1. The smallest absolute Gasteiger partial charge is 0.287 e. The molecule has 2 amide bonds. The lowest BCUT2D eigenvalue weighted by molar-refractivity contribution is -0.126. The Labute approximate surface area is 152 Å². The molecule has 9 nitrogen and oxygen atoms in total. The van der Waals surface area contributed by atoms with Crippen molar-refractivity contribution in [2.75, 3.05) is 18.0 Å². The first-order valence-corrected chi connectivity index (χ1v) is 9.13. The number of piperidine rings is 1. The predicted molar refractivity (Wildman–Crippen MR) is 96.5 cm³/mol. The van der Waals surface area contributed by atoms with Crippen LogP contribution in [0.1, 0.15) is 23.3 Å². The Bertz CT molecular complexity index is 924. The quantitative estimate of drug-likeness (QED) is 0.594. The molecule has 1 saturated heterocycles. The van der Waals surface area contributed by atoms with Crippen LogP contribution in [0, 0.1) is 5.92 Å². The Morgan fingerprint density at radius 1 is 1.27 bits per heavy atom. The molecule has 3 aromatic heterocycles. The van der Waals surface area contributed by atoms with E-state index in [0.29, 0.717) is 6.54 Å². The molecule has 3 N–H and O–H groups in total. The minimum absolute atomic E-state index is 0.210. The van der Waals surface area contributed by atoms with E-state index in [1.165, 1.54) is 12.3 Å². The van der Waals surface area contributed by atoms with Crippen LogP contribution < -0.4 is 15.8 Å². The van der Waals surface area contributed by atoms with E-state index in [0.717, 1.165) is 35.4 Å². The van der Waals surface area contributed by atoms with Crippen LogP contribution in [0.25, 0.3) is 10.2 Å². The van der Waals surface area contributed by atoms with Crippen molar-refractivity contribution in [1.82, 2.24) is 31.0 Å². The van der Waals surface area contributed by atoms with Gasteiger partial charge in [-0.15, -0.1) is 11.3 Å². The number of carbonyl (C=O) groups is 2. The minimum atomic E-state index is -0.431. The Kier molecular flexibility index (Phi) is 4.48. The van der Waals surface area contributed by atoms with Gasteiger partial charge in [0.1, 0.15) is 22.7 Å². The van der Waals surface area contributed by atoms with Gasteiger partial charge in [0.2, 0.25) is 5.91 Å². The third-order valence-corrected chi connectivity index (χ3v) is 5.20. The molecule has 10 heteroatoms. The summed E-state index contributed by atoms with van der Waals surface area (Å²) in [6, 6.07) is 3.54. The fourth-order valence-electron chi connectivity index (χ4n) is 3.08. The molecule has 0 bridgehead atoms. The molecule has 4 rings (SSSR count). The Morgan fingerprint density at radius 2 is 2.19 bits per heavy atom. The zero-order valence-electron chi connectivity index (χ0n) is 13.8. The molecule has 134 valence electrons. The molecule has 1 aliphatic heterocycles. The van der Waals surface area contributed by atoms with Crippen molar-refractivity contribution in [2.24, 2.45) is 5.92 Å².